The van der Waals surface area contributed by atoms with Crippen LogP contribution in [0, 0.1) is 6.92 Å². The first-order chi connectivity index (χ1) is 11.7. The summed E-state index contributed by atoms with van der Waals surface area (Å²) >= 11 is 0. The molecule has 132 valence electrons. The fourth-order valence-corrected chi connectivity index (χ4v) is 2.95. The summed E-state index contributed by atoms with van der Waals surface area (Å²) in [7, 11) is 1.59. The fraction of sp³-hybridized carbons (Fsp3) is 0.450. The van der Waals surface area contributed by atoms with Crippen LogP contribution in [0.1, 0.15) is 39.0 Å². The molecule has 0 amide bonds. The number of pyridine rings is 1. The standard InChI is InChI=1S/C20H27BN2O2/c1-14-7-9-16-11-15(8-10-18(16)23-14)12-17(13-22-6)21-24-19(2,3)20(4,5)25-21/h7-12,22H,13H2,1-6H3. The van der Waals surface area contributed by atoms with Crippen molar-refractivity contribution in [2.75, 3.05) is 13.6 Å². The van der Waals surface area contributed by atoms with Gasteiger partial charge >= 0.3 is 7.12 Å². The Morgan fingerprint density at radius 2 is 1.80 bits per heavy atom. The SMILES string of the molecule is CNCC(=Cc1ccc2nc(C)ccc2c1)B1OC(C)(C)C(C)(C)O1. The number of hydrogen-bond donors (Lipinski definition) is 1. The number of aromatic nitrogens is 1. The molecule has 1 N–H and O–H groups in total. The first-order valence-electron chi connectivity index (χ1n) is 8.80. The lowest BCUT2D eigenvalue weighted by Crippen LogP contribution is -2.41. The average molecular weight is 338 g/mol. The summed E-state index contributed by atoms with van der Waals surface area (Å²) in [5.74, 6) is 0. The second-order valence-corrected chi connectivity index (χ2v) is 7.74. The maximum Gasteiger partial charge on any atom is 0.491 e. The minimum atomic E-state index is -0.343. The van der Waals surface area contributed by atoms with Gasteiger partial charge in [-0.2, -0.15) is 0 Å². The van der Waals surface area contributed by atoms with Crippen LogP contribution >= 0.6 is 0 Å². The summed E-state index contributed by atoms with van der Waals surface area (Å²) < 4.78 is 12.4. The topological polar surface area (TPSA) is 43.4 Å². The molecule has 2 aromatic rings. The Morgan fingerprint density at radius 3 is 2.44 bits per heavy atom. The molecule has 4 nitrogen and oxygen atoms in total. The highest BCUT2D eigenvalue weighted by Crippen LogP contribution is 2.38. The van der Waals surface area contributed by atoms with Crippen molar-refractivity contribution >= 4 is 24.1 Å². The molecule has 0 unspecified atom stereocenters. The van der Waals surface area contributed by atoms with Gasteiger partial charge in [-0.1, -0.05) is 18.2 Å². The lowest BCUT2D eigenvalue weighted by molar-refractivity contribution is 0.00578. The number of nitrogens with one attached hydrogen (secondary N) is 1. The lowest BCUT2D eigenvalue weighted by atomic mass is 9.77. The van der Waals surface area contributed by atoms with E-state index in [4.69, 9.17) is 9.31 Å². The average Bonchev–Trinajstić information content (AvgIpc) is 2.75. The Kier molecular flexibility index (Phi) is 4.75. The van der Waals surface area contributed by atoms with Gasteiger partial charge < -0.3 is 14.6 Å². The zero-order valence-corrected chi connectivity index (χ0v) is 16.0. The van der Waals surface area contributed by atoms with Crippen molar-refractivity contribution in [1.29, 1.82) is 0 Å². The first kappa shape index (κ1) is 18.1. The van der Waals surface area contributed by atoms with E-state index in [1.165, 1.54) is 0 Å². The summed E-state index contributed by atoms with van der Waals surface area (Å²) in [6, 6.07) is 10.5. The molecule has 0 spiro atoms. The molecule has 0 radical (unpaired) electrons. The quantitative estimate of drug-likeness (QED) is 0.862. The van der Waals surface area contributed by atoms with E-state index in [0.717, 1.165) is 27.6 Å². The van der Waals surface area contributed by atoms with Crippen LogP contribution in [-0.4, -0.2) is 36.9 Å². The number of likely N-dealkylation sites (N-methyl/N-ethyl adjacent to an activating group) is 1. The molecule has 0 saturated carbocycles. The molecule has 1 aromatic heterocycles. The highest BCUT2D eigenvalue weighted by Gasteiger charge is 2.52. The van der Waals surface area contributed by atoms with Gasteiger partial charge in [0.25, 0.3) is 0 Å². The van der Waals surface area contributed by atoms with E-state index in [9.17, 15) is 0 Å². The van der Waals surface area contributed by atoms with Crippen LogP contribution < -0.4 is 5.32 Å². The van der Waals surface area contributed by atoms with Gasteiger partial charge in [0.1, 0.15) is 0 Å². The molecular weight excluding hydrogens is 311 g/mol. The second-order valence-electron chi connectivity index (χ2n) is 7.74. The molecule has 0 bridgehead atoms. The zero-order chi connectivity index (χ0) is 18.2. The fourth-order valence-electron chi connectivity index (χ4n) is 2.95. The molecule has 0 atom stereocenters. The number of rotatable bonds is 4. The van der Waals surface area contributed by atoms with Crippen LogP contribution in [-0.2, 0) is 9.31 Å². The summed E-state index contributed by atoms with van der Waals surface area (Å²) in [6.07, 6.45) is 2.15. The van der Waals surface area contributed by atoms with Crippen LogP contribution in [0.25, 0.3) is 17.0 Å². The van der Waals surface area contributed by atoms with E-state index in [-0.39, 0.29) is 18.3 Å². The van der Waals surface area contributed by atoms with E-state index in [2.05, 4.69) is 68.3 Å². The van der Waals surface area contributed by atoms with Gasteiger partial charge in [-0.25, -0.2) is 0 Å². The van der Waals surface area contributed by atoms with Crippen LogP contribution in [0.2, 0.25) is 0 Å². The molecule has 5 heteroatoms. The number of aryl methyl sites for hydroxylation is 1. The van der Waals surface area contributed by atoms with Crippen molar-refractivity contribution in [2.45, 2.75) is 45.8 Å². The molecule has 1 fully saturated rings. The van der Waals surface area contributed by atoms with E-state index in [1.54, 1.807) is 0 Å². The molecule has 2 heterocycles. The number of hydrogen-bond acceptors (Lipinski definition) is 4. The van der Waals surface area contributed by atoms with Gasteiger partial charge in [0, 0.05) is 17.6 Å². The Morgan fingerprint density at radius 1 is 1.12 bits per heavy atom. The van der Waals surface area contributed by atoms with Crippen molar-refractivity contribution in [3.8, 4) is 0 Å². The summed E-state index contributed by atoms with van der Waals surface area (Å²) in [5, 5.41) is 4.36. The maximum atomic E-state index is 6.21. The molecule has 1 aliphatic heterocycles. The van der Waals surface area contributed by atoms with Crippen molar-refractivity contribution in [2.24, 2.45) is 0 Å². The summed E-state index contributed by atoms with van der Waals surface area (Å²) in [4.78, 5) is 4.57. The molecule has 0 aliphatic carbocycles. The predicted octanol–water partition coefficient (Wildman–Crippen LogP) is 3.78. The van der Waals surface area contributed by atoms with E-state index in [0.29, 0.717) is 6.54 Å². The minimum absolute atomic E-state index is 0.338. The second kappa shape index (κ2) is 6.56. The largest absolute Gasteiger partial charge is 0.491 e. The molecule has 1 saturated heterocycles. The van der Waals surface area contributed by atoms with Crippen molar-refractivity contribution in [1.82, 2.24) is 10.3 Å². The third kappa shape index (κ3) is 3.64. The Balaban J connectivity index is 1.94. The third-order valence-electron chi connectivity index (χ3n) is 5.14. The number of fused-ring (bicyclic) bond motifs is 1. The molecule has 25 heavy (non-hydrogen) atoms. The van der Waals surface area contributed by atoms with Gasteiger partial charge in [-0.05, 0) is 70.9 Å². The summed E-state index contributed by atoms with van der Waals surface area (Å²) in [5.41, 5.74) is 3.58. The smallest absolute Gasteiger partial charge is 0.400 e. The third-order valence-corrected chi connectivity index (χ3v) is 5.14. The van der Waals surface area contributed by atoms with E-state index in [1.807, 2.05) is 20.0 Å². The minimum Gasteiger partial charge on any atom is -0.400 e. The van der Waals surface area contributed by atoms with Crippen molar-refractivity contribution in [3.63, 3.8) is 0 Å². The highest BCUT2D eigenvalue weighted by molar-refractivity contribution is 6.55. The lowest BCUT2D eigenvalue weighted by Gasteiger charge is -2.32. The normalized spacial score (nSPS) is 19.6. The van der Waals surface area contributed by atoms with E-state index < -0.39 is 0 Å². The monoisotopic (exact) mass is 338 g/mol. The Bertz CT molecular complexity index is 798. The first-order valence-corrected chi connectivity index (χ1v) is 8.80. The van der Waals surface area contributed by atoms with Gasteiger partial charge in [-0.15, -0.1) is 0 Å². The highest BCUT2D eigenvalue weighted by atomic mass is 16.7. The Labute approximate surface area is 150 Å². The van der Waals surface area contributed by atoms with Crippen LogP contribution in [0.15, 0.2) is 35.8 Å². The van der Waals surface area contributed by atoms with Gasteiger partial charge in [0.2, 0.25) is 0 Å². The van der Waals surface area contributed by atoms with Crippen LogP contribution in [0.4, 0.5) is 0 Å². The van der Waals surface area contributed by atoms with Crippen molar-refractivity contribution in [3.05, 3.63) is 47.1 Å². The molecule has 3 rings (SSSR count). The Hall–Kier alpha value is -1.69. The molecule has 1 aliphatic rings. The molecule has 1 aromatic carbocycles. The maximum absolute atomic E-state index is 6.21. The van der Waals surface area contributed by atoms with Gasteiger partial charge in [0.05, 0.1) is 16.7 Å². The molecular formula is C20H27BN2O2. The van der Waals surface area contributed by atoms with Gasteiger partial charge in [-0.3, -0.25) is 4.98 Å². The van der Waals surface area contributed by atoms with Crippen molar-refractivity contribution < 1.29 is 9.31 Å². The predicted molar refractivity (Wildman–Crippen MR) is 104 cm³/mol. The van der Waals surface area contributed by atoms with Crippen LogP contribution in [0.3, 0.4) is 0 Å². The van der Waals surface area contributed by atoms with E-state index >= 15 is 0 Å². The summed E-state index contributed by atoms with van der Waals surface area (Å²) in [6.45, 7) is 11.0. The number of nitrogens with zero attached hydrogens (tertiary/aromatic N) is 1. The van der Waals surface area contributed by atoms with Crippen LogP contribution in [0.5, 0.6) is 0 Å². The zero-order valence-electron chi connectivity index (χ0n) is 16.0. The van der Waals surface area contributed by atoms with Gasteiger partial charge in [0.15, 0.2) is 0 Å². The number of benzene rings is 1.